The van der Waals surface area contributed by atoms with E-state index in [1.165, 1.54) is 13.3 Å². The standard InChI is InChI=1S/C23H25BrN6O3/c1-22(32)18(31)17(30-7-5-14-19(25)27-11-28-21(14)30)10-23(22,33)6-4-12-2-3-13-9-15(24)20(26)29-16(13)8-12/h2-3,5,7-9,11,17-18,31-33H,4,6,10H2,1H3,(H2,26,29)(H2,25,27,28)/t17-,18+,22+,23-/m1/s1. The molecule has 1 fully saturated rings. The monoisotopic (exact) mass is 512 g/mol. The summed E-state index contributed by atoms with van der Waals surface area (Å²) in [7, 11) is 0. The highest BCUT2D eigenvalue weighted by Crippen LogP contribution is 2.48. The van der Waals surface area contributed by atoms with Crippen LogP contribution in [0.1, 0.15) is 31.4 Å². The van der Waals surface area contributed by atoms with Crippen LogP contribution >= 0.6 is 15.9 Å². The summed E-state index contributed by atoms with van der Waals surface area (Å²) in [5, 5.41) is 35.3. The van der Waals surface area contributed by atoms with Crippen molar-refractivity contribution < 1.29 is 15.3 Å². The first-order chi connectivity index (χ1) is 15.6. The number of aliphatic hydroxyl groups excluding tert-OH is 1. The summed E-state index contributed by atoms with van der Waals surface area (Å²) in [5.74, 6) is 0.747. The van der Waals surface area contributed by atoms with Crippen LogP contribution in [-0.4, -0.2) is 52.1 Å². The molecule has 1 saturated carbocycles. The molecule has 0 radical (unpaired) electrons. The van der Waals surface area contributed by atoms with E-state index in [2.05, 4.69) is 30.9 Å². The number of aromatic nitrogens is 4. The highest BCUT2D eigenvalue weighted by atomic mass is 79.9. The van der Waals surface area contributed by atoms with Gasteiger partial charge in [-0.15, -0.1) is 0 Å². The first kappa shape index (κ1) is 22.0. The molecule has 1 aliphatic carbocycles. The first-order valence-electron chi connectivity index (χ1n) is 10.7. The predicted molar refractivity (Wildman–Crippen MR) is 129 cm³/mol. The number of benzene rings is 1. The minimum atomic E-state index is -1.72. The molecular weight excluding hydrogens is 488 g/mol. The topological polar surface area (TPSA) is 156 Å². The van der Waals surface area contributed by atoms with Crippen molar-refractivity contribution in [2.45, 2.75) is 49.5 Å². The van der Waals surface area contributed by atoms with Gasteiger partial charge < -0.3 is 31.4 Å². The SMILES string of the molecule is C[C@]1(O)[C@@H](O)[C@H](n2ccc3c(N)ncnc32)C[C@]1(O)CCc1ccc2cc(Br)c(N)nc2c1. The minimum absolute atomic E-state index is 0.153. The van der Waals surface area contributed by atoms with Crippen LogP contribution < -0.4 is 11.5 Å². The average Bonchev–Trinajstić information content (AvgIpc) is 3.28. The predicted octanol–water partition coefficient (Wildman–Crippen LogP) is 2.33. The summed E-state index contributed by atoms with van der Waals surface area (Å²) in [4.78, 5) is 12.7. The van der Waals surface area contributed by atoms with Gasteiger partial charge in [-0.25, -0.2) is 15.0 Å². The van der Waals surface area contributed by atoms with Gasteiger partial charge in [0.2, 0.25) is 0 Å². The van der Waals surface area contributed by atoms with Crippen LogP contribution in [0, 0.1) is 0 Å². The summed E-state index contributed by atoms with van der Waals surface area (Å²) in [6.07, 6.45) is 2.80. The van der Waals surface area contributed by atoms with Crippen LogP contribution in [-0.2, 0) is 6.42 Å². The number of aliphatic hydroxyl groups is 3. The largest absolute Gasteiger partial charge is 0.388 e. The smallest absolute Gasteiger partial charge is 0.145 e. The zero-order valence-electron chi connectivity index (χ0n) is 18.0. The first-order valence-corrected chi connectivity index (χ1v) is 11.4. The van der Waals surface area contributed by atoms with Crippen molar-refractivity contribution >= 4 is 49.5 Å². The summed E-state index contributed by atoms with van der Waals surface area (Å²) in [6.45, 7) is 1.48. The van der Waals surface area contributed by atoms with E-state index in [9.17, 15) is 15.3 Å². The van der Waals surface area contributed by atoms with Crippen LogP contribution in [0.5, 0.6) is 0 Å². The van der Waals surface area contributed by atoms with E-state index in [1.54, 1.807) is 16.8 Å². The lowest BCUT2D eigenvalue weighted by Crippen LogP contribution is -2.53. The Hall–Kier alpha value is -2.79. The van der Waals surface area contributed by atoms with E-state index in [0.29, 0.717) is 29.1 Å². The summed E-state index contributed by atoms with van der Waals surface area (Å²) in [5.41, 5.74) is 10.9. The molecule has 9 nitrogen and oxygen atoms in total. The number of anilines is 2. The number of aryl methyl sites for hydroxylation is 1. The fourth-order valence-corrected chi connectivity index (χ4v) is 5.22. The number of rotatable bonds is 4. The Balaban J connectivity index is 1.42. The Morgan fingerprint density at radius 3 is 2.73 bits per heavy atom. The molecule has 33 heavy (non-hydrogen) atoms. The van der Waals surface area contributed by atoms with Gasteiger partial charge in [-0.2, -0.15) is 0 Å². The molecule has 0 spiro atoms. The molecule has 1 aromatic carbocycles. The minimum Gasteiger partial charge on any atom is -0.388 e. The molecule has 10 heteroatoms. The molecule has 3 aromatic heterocycles. The second-order valence-corrected chi connectivity index (χ2v) is 9.85. The number of fused-ring (bicyclic) bond motifs is 2. The number of halogens is 1. The highest BCUT2D eigenvalue weighted by Gasteiger charge is 2.60. The quantitative estimate of drug-likeness (QED) is 0.278. The van der Waals surface area contributed by atoms with Crippen molar-refractivity contribution in [2.75, 3.05) is 11.5 Å². The third-order valence-corrected chi connectivity index (χ3v) is 7.65. The molecule has 1 aliphatic rings. The van der Waals surface area contributed by atoms with Gasteiger partial charge in [-0.3, -0.25) is 0 Å². The normalized spacial score (nSPS) is 27.5. The Labute approximate surface area is 198 Å². The molecule has 172 valence electrons. The zero-order valence-corrected chi connectivity index (χ0v) is 19.6. The maximum atomic E-state index is 11.5. The number of nitrogens with zero attached hydrogens (tertiary/aromatic N) is 4. The van der Waals surface area contributed by atoms with Crippen molar-refractivity contribution in [1.29, 1.82) is 0 Å². The van der Waals surface area contributed by atoms with Crippen molar-refractivity contribution in [3.8, 4) is 0 Å². The zero-order chi connectivity index (χ0) is 23.5. The van der Waals surface area contributed by atoms with Gasteiger partial charge >= 0.3 is 0 Å². The van der Waals surface area contributed by atoms with Crippen LogP contribution in [0.25, 0.3) is 21.9 Å². The number of pyridine rings is 1. The van der Waals surface area contributed by atoms with Gasteiger partial charge in [0, 0.05) is 18.0 Å². The fourth-order valence-electron chi connectivity index (χ4n) is 4.89. The van der Waals surface area contributed by atoms with E-state index < -0.39 is 23.3 Å². The summed E-state index contributed by atoms with van der Waals surface area (Å²) >= 11 is 3.39. The summed E-state index contributed by atoms with van der Waals surface area (Å²) in [6, 6.07) is 8.95. The van der Waals surface area contributed by atoms with E-state index >= 15 is 0 Å². The maximum Gasteiger partial charge on any atom is 0.145 e. The van der Waals surface area contributed by atoms with E-state index in [-0.39, 0.29) is 12.8 Å². The second-order valence-electron chi connectivity index (χ2n) is 9.00. The molecule has 4 aromatic rings. The number of hydrogen-bond acceptors (Lipinski definition) is 8. The number of nitrogens with two attached hydrogens (primary N) is 2. The molecule has 7 N–H and O–H groups in total. The Morgan fingerprint density at radius 1 is 1.15 bits per heavy atom. The average molecular weight is 513 g/mol. The molecule has 5 rings (SSSR count). The van der Waals surface area contributed by atoms with Crippen molar-refractivity contribution in [1.82, 2.24) is 19.5 Å². The fraction of sp³-hybridized carbons (Fsp3) is 0.348. The molecular formula is C23H25BrN6O3. The molecule has 4 atom stereocenters. The Bertz CT molecular complexity index is 1370. The number of nitrogen functional groups attached to an aromatic ring is 2. The van der Waals surface area contributed by atoms with Crippen LogP contribution in [0.15, 0.2) is 47.3 Å². The van der Waals surface area contributed by atoms with E-state index in [1.807, 2.05) is 24.3 Å². The van der Waals surface area contributed by atoms with Gasteiger partial charge in [0.15, 0.2) is 0 Å². The van der Waals surface area contributed by atoms with E-state index in [4.69, 9.17) is 11.5 Å². The van der Waals surface area contributed by atoms with Crippen molar-refractivity contribution in [3.05, 3.63) is 52.9 Å². The maximum absolute atomic E-state index is 11.5. The second kappa shape index (κ2) is 7.63. The molecule has 0 unspecified atom stereocenters. The lowest BCUT2D eigenvalue weighted by atomic mass is 9.82. The highest BCUT2D eigenvalue weighted by molar-refractivity contribution is 9.10. The molecule has 0 bridgehead atoms. The molecule has 3 heterocycles. The van der Waals surface area contributed by atoms with Crippen LogP contribution in [0.3, 0.4) is 0 Å². The van der Waals surface area contributed by atoms with Gasteiger partial charge in [-0.1, -0.05) is 12.1 Å². The lowest BCUT2D eigenvalue weighted by Gasteiger charge is -2.36. The molecule has 0 saturated heterocycles. The third-order valence-electron chi connectivity index (χ3n) is 7.02. The van der Waals surface area contributed by atoms with Crippen LogP contribution in [0.2, 0.25) is 0 Å². The lowest BCUT2D eigenvalue weighted by molar-refractivity contribution is -0.161. The van der Waals surface area contributed by atoms with Crippen molar-refractivity contribution in [3.63, 3.8) is 0 Å². The molecule has 0 aliphatic heterocycles. The summed E-state index contributed by atoms with van der Waals surface area (Å²) < 4.78 is 2.49. The van der Waals surface area contributed by atoms with Crippen LogP contribution in [0.4, 0.5) is 11.6 Å². The molecule has 0 amide bonds. The third kappa shape index (κ3) is 3.45. The number of hydrogen-bond donors (Lipinski definition) is 5. The van der Waals surface area contributed by atoms with Gasteiger partial charge in [0.25, 0.3) is 0 Å². The van der Waals surface area contributed by atoms with Gasteiger partial charge in [0.05, 0.1) is 27.0 Å². The Kier molecular flexibility index (Phi) is 5.09. The Morgan fingerprint density at radius 2 is 1.94 bits per heavy atom. The van der Waals surface area contributed by atoms with Crippen molar-refractivity contribution in [2.24, 2.45) is 0 Å². The van der Waals surface area contributed by atoms with Gasteiger partial charge in [0.1, 0.15) is 35.3 Å². The van der Waals surface area contributed by atoms with E-state index in [0.717, 1.165) is 20.9 Å². The van der Waals surface area contributed by atoms with Gasteiger partial charge in [-0.05, 0) is 59.5 Å².